The molecule has 1 saturated heterocycles. The number of anilines is 1. The molecule has 4 aromatic rings. The minimum absolute atomic E-state index is 0.190. The maximum Gasteiger partial charge on any atom is 0.412 e. The minimum atomic E-state index is -2.85. The highest BCUT2D eigenvalue weighted by Gasteiger charge is 2.51. The van der Waals surface area contributed by atoms with Gasteiger partial charge in [0.05, 0.1) is 18.0 Å². The van der Waals surface area contributed by atoms with Crippen LogP contribution in [0.15, 0.2) is 91.0 Å². The van der Waals surface area contributed by atoms with Crippen LogP contribution in [0.25, 0.3) is 5.69 Å². The van der Waals surface area contributed by atoms with Gasteiger partial charge in [-0.1, -0.05) is 136 Å². The van der Waals surface area contributed by atoms with Crippen molar-refractivity contribution < 1.29 is 28.2 Å². The van der Waals surface area contributed by atoms with Crippen molar-refractivity contribution in [2.75, 3.05) is 38.4 Å². The highest BCUT2D eigenvalue weighted by atomic mass is 35.6. The Kier molecular flexibility index (Phi) is 13.4. The molecule has 52 heavy (non-hydrogen) atoms. The smallest absolute Gasteiger partial charge is 0.412 e. The van der Waals surface area contributed by atoms with Gasteiger partial charge in [0.15, 0.2) is 6.29 Å². The van der Waals surface area contributed by atoms with Crippen LogP contribution in [0, 0.1) is 0 Å². The first-order valence-corrected chi connectivity index (χ1v) is 20.5. The average Bonchev–Trinajstić information content (AvgIpc) is 3.55. The SMILES string of the molecule is CC(C)(CO[Si](c1ccccc1)(c1ccccc1)C(C)(C)C)c1cc(NC(=O)OCC(Cl)(Cl)Cl)n(-c2cccc(OCCOC3CCCCO3)c2)n1. The molecule has 1 N–H and O–H groups in total. The number of carbonyl (C=O) groups excluding carboxylic acids is 1. The average molecular weight is 789 g/mol. The second-order valence-electron chi connectivity index (χ2n) is 14.5. The molecular formula is C39H48Cl3N3O6Si. The number of hydrogen-bond donors (Lipinski definition) is 1. The maximum absolute atomic E-state index is 12.9. The zero-order valence-electron chi connectivity index (χ0n) is 30.4. The summed E-state index contributed by atoms with van der Waals surface area (Å²) in [4.78, 5) is 12.9. The van der Waals surface area contributed by atoms with Crippen molar-refractivity contribution in [3.63, 3.8) is 0 Å². The van der Waals surface area contributed by atoms with Gasteiger partial charge in [0.25, 0.3) is 8.32 Å². The van der Waals surface area contributed by atoms with E-state index in [1.165, 1.54) is 10.4 Å². The fourth-order valence-corrected chi connectivity index (χ4v) is 11.2. The van der Waals surface area contributed by atoms with Crippen molar-refractivity contribution in [3.8, 4) is 11.4 Å². The third-order valence-electron chi connectivity index (χ3n) is 8.92. The number of aromatic nitrogens is 2. The molecule has 9 nitrogen and oxygen atoms in total. The minimum Gasteiger partial charge on any atom is -0.491 e. The Morgan fingerprint density at radius 3 is 2.15 bits per heavy atom. The predicted octanol–water partition coefficient (Wildman–Crippen LogP) is 8.57. The highest BCUT2D eigenvalue weighted by Crippen LogP contribution is 2.39. The van der Waals surface area contributed by atoms with E-state index in [2.05, 4.69) is 88.5 Å². The first-order valence-electron chi connectivity index (χ1n) is 17.5. The maximum atomic E-state index is 12.9. The first kappa shape index (κ1) is 40.1. The third-order valence-corrected chi connectivity index (χ3v) is 14.2. The van der Waals surface area contributed by atoms with E-state index in [1.54, 1.807) is 4.68 Å². The lowest BCUT2D eigenvalue weighted by molar-refractivity contribution is -0.165. The lowest BCUT2D eigenvalue weighted by atomic mass is 9.91. The van der Waals surface area contributed by atoms with Crippen LogP contribution >= 0.6 is 34.8 Å². The molecule has 0 spiro atoms. The Morgan fingerprint density at radius 2 is 1.56 bits per heavy atom. The monoisotopic (exact) mass is 787 g/mol. The van der Waals surface area contributed by atoms with Gasteiger partial charge in [0.2, 0.25) is 3.79 Å². The molecule has 1 atom stereocenters. The van der Waals surface area contributed by atoms with Gasteiger partial charge in [-0.2, -0.15) is 5.10 Å². The summed E-state index contributed by atoms with van der Waals surface area (Å²) in [5.41, 5.74) is 0.734. The molecule has 280 valence electrons. The number of amides is 1. The summed E-state index contributed by atoms with van der Waals surface area (Å²) in [5, 5.41) is 9.97. The molecule has 1 unspecified atom stereocenters. The largest absolute Gasteiger partial charge is 0.491 e. The van der Waals surface area contributed by atoms with Crippen molar-refractivity contribution in [2.45, 2.75) is 74.4 Å². The molecule has 5 rings (SSSR count). The zero-order valence-corrected chi connectivity index (χ0v) is 33.6. The van der Waals surface area contributed by atoms with Crippen LogP contribution in [-0.2, 0) is 24.1 Å². The third kappa shape index (κ3) is 10.3. The van der Waals surface area contributed by atoms with Crippen molar-refractivity contribution in [2.24, 2.45) is 0 Å². The molecular weight excluding hydrogens is 741 g/mol. The Morgan fingerprint density at radius 1 is 0.885 bits per heavy atom. The number of hydrogen-bond acceptors (Lipinski definition) is 7. The quantitative estimate of drug-likeness (QED) is 0.0778. The molecule has 1 fully saturated rings. The van der Waals surface area contributed by atoms with Gasteiger partial charge in [-0.25, -0.2) is 9.48 Å². The molecule has 1 aliphatic rings. The number of nitrogens with zero attached hydrogens (tertiary/aromatic N) is 2. The molecule has 3 aromatic carbocycles. The number of alkyl halides is 3. The van der Waals surface area contributed by atoms with Crippen LogP contribution in [0.4, 0.5) is 10.6 Å². The molecule has 1 amide bonds. The Labute approximate surface area is 322 Å². The molecule has 2 heterocycles. The van der Waals surface area contributed by atoms with Crippen LogP contribution in [0.3, 0.4) is 0 Å². The molecule has 13 heteroatoms. The van der Waals surface area contributed by atoms with Crippen molar-refractivity contribution in [3.05, 3.63) is 96.7 Å². The molecule has 0 bridgehead atoms. The fraction of sp³-hybridized carbons (Fsp3) is 0.436. The molecule has 0 radical (unpaired) electrons. The zero-order chi connectivity index (χ0) is 37.4. The summed E-state index contributed by atoms with van der Waals surface area (Å²) >= 11 is 17.5. The van der Waals surface area contributed by atoms with Gasteiger partial charge in [-0.3, -0.25) is 5.32 Å². The summed E-state index contributed by atoms with van der Waals surface area (Å²) in [6.45, 7) is 12.3. The predicted molar refractivity (Wildman–Crippen MR) is 210 cm³/mol. The number of nitrogens with one attached hydrogen (secondary N) is 1. The molecule has 1 aromatic heterocycles. The van der Waals surface area contributed by atoms with Crippen LogP contribution in [0.1, 0.15) is 59.6 Å². The standard InChI is InChI=1S/C39H48Cl3N3O6Si/c1-37(2,3)52(31-17-8-6-9-18-31,32-19-10-7-11-20-32)51-27-38(4,5)33-26-34(43-36(46)50-28-39(40,41)42)45(44-33)29-15-14-16-30(25-29)47-23-24-49-35-21-12-13-22-48-35/h6-11,14-20,25-26,35H,12-13,21-24,27-28H2,1-5H3,(H,43,46). The van der Waals surface area contributed by atoms with Gasteiger partial charge in [-0.05, 0) is 46.8 Å². The van der Waals surface area contributed by atoms with E-state index in [9.17, 15) is 4.79 Å². The van der Waals surface area contributed by atoms with E-state index in [4.69, 9.17) is 63.3 Å². The first-order chi connectivity index (χ1) is 24.7. The molecule has 0 aliphatic carbocycles. The number of halogens is 3. The van der Waals surface area contributed by atoms with Gasteiger partial charge in [0, 0.05) is 30.8 Å². The highest BCUT2D eigenvalue weighted by molar-refractivity contribution is 6.99. The topological polar surface area (TPSA) is 93.1 Å². The number of carbonyl (C=O) groups is 1. The Bertz CT molecular complexity index is 1700. The van der Waals surface area contributed by atoms with E-state index in [-0.39, 0.29) is 11.3 Å². The van der Waals surface area contributed by atoms with Crippen molar-refractivity contribution in [1.82, 2.24) is 9.78 Å². The summed E-state index contributed by atoms with van der Waals surface area (Å²) in [7, 11) is -2.85. The summed E-state index contributed by atoms with van der Waals surface area (Å²) in [6, 6.07) is 30.3. The van der Waals surface area contributed by atoms with Crippen LogP contribution in [0.2, 0.25) is 5.04 Å². The van der Waals surface area contributed by atoms with Gasteiger partial charge >= 0.3 is 6.09 Å². The van der Waals surface area contributed by atoms with E-state index < -0.39 is 30.2 Å². The molecule has 1 aliphatic heterocycles. The van der Waals surface area contributed by atoms with Gasteiger partial charge in [-0.15, -0.1) is 0 Å². The van der Waals surface area contributed by atoms with E-state index in [0.717, 1.165) is 25.9 Å². The van der Waals surface area contributed by atoms with E-state index in [1.807, 2.05) is 42.5 Å². The van der Waals surface area contributed by atoms with Crippen molar-refractivity contribution in [1.29, 1.82) is 0 Å². The second-order valence-corrected chi connectivity index (χ2v) is 21.3. The Balaban J connectivity index is 1.43. The number of rotatable bonds is 14. The lowest BCUT2D eigenvalue weighted by Crippen LogP contribution is -2.67. The lowest BCUT2D eigenvalue weighted by Gasteiger charge is -2.44. The van der Waals surface area contributed by atoms with Crippen LogP contribution < -0.4 is 20.4 Å². The number of benzene rings is 3. The van der Waals surface area contributed by atoms with Crippen molar-refractivity contribution >= 4 is 65.4 Å². The normalized spacial score (nSPS) is 15.7. The number of ether oxygens (including phenoxy) is 4. The van der Waals surface area contributed by atoms with E-state index >= 15 is 0 Å². The van der Waals surface area contributed by atoms with Crippen LogP contribution in [-0.4, -0.2) is 67.3 Å². The summed E-state index contributed by atoms with van der Waals surface area (Å²) < 4.78 is 29.9. The summed E-state index contributed by atoms with van der Waals surface area (Å²) in [6.07, 6.45) is 2.05. The van der Waals surface area contributed by atoms with Gasteiger partial charge in [0.1, 0.15) is 24.8 Å². The molecule has 0 saturated carbocycles. The Hall–Kier alpha value is -3.09. The van der Waals surface area contributed by atoms with E-state index in [0.29, 0.717) is 42.8 Å². The summed E-state index contributed by atoms with van der Waals surface area (Å²) in [5.74, 6) is 0.972. The second kappa shape index (κ2) is 17.4. The van der Waals surface area contributed by atoms with Crippen LogP contribution in [0.5, 0.6) is 5.75 Å². The van der Waals surface area contributed by atoms with Gasteiger partial charge < -0.3 is 23.4 Å². The fourth-order valence-electron chi connectivity index (χ4n) is 6.30.